The van der Waals surface area contributed by atoms with Crippen LogP contribution in [0.15, 0.2) is 18.2 Å². The van der Waals surface area contributed by atoms with Gasteiger partial charge in [0.2, 0.25) is 0 Å². The van der Waals surface area contributed by atoms with Crippen molar-refractivity contribution < 1.29 is 14.3 Å². The first-order chi connectivity index (χ1) is 9.22. The Morgan fingerprint density at radius 2 is 2.16 bits per heavy atom. The molecule has 0 spiro atoms. The van der Waals surface area contributed by atoms with Crippen LogP contribution in [-0.2, 0) is 9.53 Å². The zero-order chi connectivity index (χ0) is 13.7. The second-order valence-electron chi connectivity index (χ2n) is 5.13. The van der Waals surface area contributed by atoms with Crippen molar-refractivity contribution in [2.45, 2.75) is 38.5 Å². The molecular formula is C16H22O3. The summed E-state index contributed by atoms with van der Waals surface area (Å²) in [6.45, 7) is 3.39. The molecule has 0 saturated heterocycles. The van der Waals surface area contributed by atoms with Crippen molar-refractivity contribution in [2.24, 2.45) is 0 Å². The third kappa shape index (κ3) is 3.57. The number of ketones is 1. The number of aryl methyl sites for hydroxylation is 1. The Morgan fingerprint density at radius 1 is 1.32 bits per heavy atom. The molecule has 1 aromatic carbocycles. The van der Waals surface area contributed by atoms with Crippen molar-refractivity contribution in [3.05, 3.63) is 29.3 Å². The predicted octanol–water partition coefficient (Wildman–Crippen LogP) is 3.25. The van der Waals surface area contributed by atoms with Gasteiger partial charge in [-0.05, 0) is 37.0 Å². The van der Waals surface area contributed by atoms with E-state index < -0.39 is 0 Å². The number of ether oxygens (including phenoxy) is 2. The van der Waals surface area contributed by atoms with Crippen molar-refractivity contribution in [1.82, 2.24) is 0 Å². The van der Waals surface area contributed by atoms with Crippen molar-refractivity contribution in [1.29, 1.82) is 0 Å². The lowest BCUT2D eigenvalue weighted by Gasteiger charge is -2.13. The van der Waals surface area contributed by atoms with Gasteiger partial charge in [-0.2, -0.15) is 0 Å². The summed E-state index contributed by atoms with van der Waals surface area (Å²) in [7, 11) is 1.69. The topological polar surface area (TPSA) is 35.5 Å². The fraction of sp³-hybridized carbons (Fsp3) is 0.562. The SMILES string of the molecule is COCCCOc1cc(C2CCCC2=O)ccc1C. The Labute approximate surface area is 114 Å². The van der Waals surface area contributed by atoms with E-state index in [-0.39, 0.29) is 5.92 Å². The first kappa shape index (κ1) is 14.1. The van der Waals surface area contributed by atoms with E-state index in [9.17, 15) is 4.79 Å². The molecule has 3 nitrogen and oxygen atoms in total. The van der Waals surface area contributed by atoms with Gasteiger partial charge in [0, 0.05) is 32.5 Å². The number of benzene rings is 1. The number of carbonyl (C=O) groups excluding carboxylic acids is 1. The smallest absolute Gasteiger partial charge is 0.140 e. The average molecular weight is 262 g/mol. The second-order valence-corrected chi connectivity index (χ2v) is 5.13. The first-order valence-corrected chi connectivity index (χ1v) is 6.97. The maximum Gasteiger partial charge on any atom is 0.140 e. The summed E-state index contributed by atoms with van der Waals surface area (Å²) in [6.07, 6.45) is 3.59. The van der Waals surface area contributed by atoms with E-state index in [1.54, 1.807) is 7.11 Å². The fourth-order valence-corrected chi connectivity index (χ4v) is 2.54. The Morgan fingerprint density at radius 3 is 2.84 bits per heavy atom. The molecule has 1 saturated carbocycles. The van der Waals surface area contributed by atoms with Gasteiger partial charge in [0.05, 0.1) is 6.61 Å². The maximum atomic E-state index is 11.8. The average Bonchev–Trinajstić information content (AvgIpc) is 2.83. The molecule has 1 aromatic rings. The number of hydrogen-bond donors (Lipinski definition) is 0. The summed E-state index contributed by atoms with van der Waals surface area (Å²) in [6, 6.07) is 6.15. The third-order valence-corrected chi connectivity index (χ3v) is 3.67. The Balaban J connectivity index is 2.04. The molecule has 0 bridgehead atoms. The molecule has 0 aliphatic heterocycles. The van der Waals surface area contributed by atoms with E-state index in [1.165, 1.54) is 0 Å². The summed E-state index contributed by atoms with van der Waals surface area (Å²) in [5, 5.41) is 0. The number of hydrogen-bond acceptors (Lipinski definition) is 3. The van der Waals surface area contributed by atoms with Crippen LogP contribution in [-0.4, -0.2) is 26.1 Å². The summed E-state index contributed by atoms with van der Waals surface area (Å²) in [5.41, 5.74) is 2.22. The van der Waals surface area contributed by atoms with Gasteiger partial charge in [0.15, 0.2) is 0 Å². The molecule has 104 valence electrons. The second kappa shape index (κ2) is 6.71. The van der Waals surface area contributed by atoms with Crippen molar-refractivity contribution in [3.8, 4) is 5.75 Å². The van der Waals surface area contributed by atoms with Crippen molar-refractivity contribution >= 4 is 5.78 Å². The van der Waals surface area contributed by atoms with E-state index in [4.69, 9.17) is 9.47 Å². The van der Waals surface area contributed by atoms with Crippen LogP contribution in [0.1, 0.15) is 42.7 Å². The first-order valence-electron chi connectivity index (χ1n) is 6.97. The molecule has 3 heteroatoms. The van der Waals surface area contributed by atoms with Crippen LogP contribution in [0.25, 0.3) is 0 Å². The van der Waals surface area contributed by atoms with E-state index >= 15 is 0 Å². The number of carbonyl (C=O) groups is 1. The van der Waals surface area contributed by atoms with E-state index in [2.05, 4.69) is 6.07 Å². The highest BCUT2D eigenvalue weighted by molar-refractivity contribution is 5.87. The van der Waals surface area contributed by atoms with E-state index in [1.807, 2.05) is 19.1 Å². The Kier molecular flexibility index (Phi) is 4.97. The maximum absolute atomic E-state index is 11.8. The van der Waals surface area contributed by atoms with Gasteiger partial charge >= 0.3 is 0 Å². The zero-order valence-electron chi connectivity index (χ0n) is 11.8. The molecule has 0 heterocycles. The van der Waals surface area contributed by atoms with Crippen molar-refractivity contribution in [2.75, 3.05) is 20.3 Å². The highest BCUT2D eigenvalue weighted by Gasteiger charge is 2.26. The minimum atomic E-state index is 0.0851. The summed E-state index contributed by atoms with van der Waals surface area (Å²) in [4.78, 5) is 11.8. The van der Waals surface area contributed by atoms with Crippen LogP contribution in [0.2, 0.25) is 0 Å². The van der Waals surface area contributed by atoms with Crippen LogP contribution in [0.3, 0.4) is 0 Å². The molecule has 2 rings (SSSR count). The monoisotopic (exact) mass is 262 g/mol. The molecule has 0 radical (unpaired) electrons. The molecule has 1 unspecified atom stereocenters. The van der Waals surface area contributed by atoms with Gasteiger partial charge in [0.25, 0.3) is 0 Å². The zero-order valence-corrected chi connectivity index (χ0v) is 11.8. The molecular weight excluding hydrogens is 240 g/mol. The number of rotatable bonds is 6. The molecule has 1 aliphatic carbocycles. The Hall–Kier alpha value is -1.35. The van der Waals surface area contributed by atoms with Crippen LogP contribution in [0.5, 0.6) is 5.75 Å². The van der Waals surface area contributed by atoms with E-state index in [0.29, 0.717) is 19.0 Å². The molecule has 0 aromatic heterocycles. The van der Waals surface area contributed by atoms with Gasteiger partial charge < -0.3 is 9.47 Å². The van der Waals surface area contributed by atoms with Gasteiger partial charge in [-0.3, -0.25) is 4.79 Å². The predicted molar refractivity (Wildman–Crippen MR) is 74.8 cm³/mol. The minimum absolute atomic E-state index is 0.0851. The lowest BCUT2D eigenvalue weighted by atomic mass is 9.95. The molecule has 1 atom stereocenters. The van der Waals surface area contributed by atoms with Crippen LogP contribution < -0.4 is 4.74 Å². The summed E-state index contributed by atoms with van der Waals surface area (Å²) in [5.74, 6) is 1.35. The van der Waals surface area contributed by atoms with Crippen LogP contribution >= 0.6 is 0 Å². The largest absolute Gasteiger partial charge is 0.493 e. The minimum Gasteiger partial charge on any atom is -0.493 e. The highest BCUT2D eigenvalue weighted by atomic mass is 16.5. The molecule has 19 heavy (non-hydrogen) atoms. The number of Topliss-reactive ketones (excluding diaryl/α,β-unsaturated/α-hetero) is 1. The highest BCUT2D eigenvalue weighted by Crippen LogP contribution is 2.33. The lowest BCUT2D eigenvalue weighted by Crippen LogP contribution is -2.06. The fourth-order valence-electron chi connectivity index (χ4n) is 2.54. The van der Waals surface area contributed by atoms with Gasteiger partial charge in [-0.1, -0.05) is 12.1 Å². The lowest BCUT2D eigenvalue weighted by molar-refractivity contribution is -0.118. The third-order valence-electron chi connectivity index (χ3n) is 3.67. The van der Waals surface area contributed by atoms with E-state index in [0.717, 1.165) is 42.6 Å². The van der Waals surface area contributed by atoms with Gasteiger partial charge in [-0.25, -0.2) is 0 Å². The summed E-state index contributed by atoms with van der Waals surface area (Å²) >= 11 is 0. The van der Waals surface area contributed by atoms with Crippen molar-refractivity contribution in [3.63, 3.8) is 0 Å². The molecule has 1 fully saturated rings. The summed E-state index contributed by atoms with van der Waals surface area (Å²) < 4.78 is 10.8. The number of methoxy groups -OCH3 is 1. The molecule has 0 amide bonds. The Bertz CT molecular complexity index is 440. The molecule has 1 aliphatic rings. The standard InChI is InChI=1S/C16H22O3/c1-12-7-8-13(14-5-3-6-15(14)17)11-16(12)19-10-4-9-18-2/h7-8,11,14H,3-6,9-10H2,1-2H3. The quantitative estimate of drug-likeness (QED) is 0.738. The molecule has 0 N–H and O–H groups in total. The van der Waals surface area contributed by atoms with Crippen LogP contribution in [0, 0.1) is 6.92 Å². The normalized spacial score (nSPS) is 18.8. The van der Waals surface area contributed by atoms with Gasteiger partial charge in [-0.15, -0.1) is 0 Å². The van der Waals surface area contributed by atoms with Crippen LogP contribution in [0.4, 0.5) is 0 Å². The van der Waals surface area contributed by atoms with Gasteiger partial charge in [0.1, 0.15) is 11.5 Å².